The van der Waals surface area contributed by atoms with Crippen LogP contribution in [0.25, 0.3) is 6.08 Å². The molecule has 0 radical (unpaired) electrons. The Kier molecular flexibility index (Phi) is 2.61. The molecular weight excluding hydrogens is 206 g/mol. The summed E-state index contributed by atoms with van der Waals surface area (Å²) >= 11 is 0. The number of carbonyl (C=O) groups is 1. The highest BCUT2D eigenvalue weighted by molar-refractivity contribution is 5.96. The minimum absolute atomic E-state index is 0.265. The molecule has 16 heavy (non-hydrogen) atoms. The lowest BCUT2D eigenvalue weighted by Gasteiger charge is -1.99. The van der Waals surface area contributed by atoms with Crippen molar-refractivity contribution in [3.63, 3.8) is 0 Å². The lowest BCUT2D eigenvalue weighted by Crippen LogP contribution is -1.97. The van der Waals surface area contributed by atoms with Crippen molar-refractivity contribution < 1.29 is 14.6 Å². The van der Waals surface area contributed by atoms with Crippen LogP contribution in [-0.4, -0.2) is 17.7 Å². The summed E-state index contributed by atoms with van der Waals surface area (Å²) in [6, 6.07) is 7.03. The van der Waals surface area contributed by atoms with E-state index in [2.05, 4.69) is 0 Å². The standard InChI is InChI=1S/C12H9NO3/c13-7-10(12(14)15)6-8-1-2-11-9(5-8)3-4-16-11/h1-2,5-6H,3-4H2,(H,14,15). The van der Waals surface area contributed by atoms with Crippen LogP contribution in [0.15, 0.2) is 23.8 Å². The summed E-state index contributed by atoms with van der Waals surface area (Å²) in [5.41, 5.74) is 1.50. The number of rotatable bonds is 2. The van der Waals surface area contributed by atoms with E-state index in [1.54, 1.807) is 18.2 Å². The summed E-state index contributed by atoms with van der Waals surface area (Å²) < 4.78 is 5.33. The maximum atomic E-state index is 10.7. The summed E-state index contributed by atoms with van der Waals surface area (Å²) in [4.78, 5) is 10.7. The second-order valence-electron chi connectivity index (χ2n) is 3.44. The number of carboxylic acids is 1. The van der Waals surface area contributed by atoms with Crippen LogP contribution in [0.5, 0.6) is 5.75 Å². The van der Waals surface area contributed by atoms with E-state index < -0.39 is 5.97 Å². The van der Waals surface area contributed by atoms with Gasteiger partial charge in [-0.3, -0.25) is 0 Å². The number of nitrogens with zero attached hydrogens (tertiary/aromatic N) is 1. The molecule has 1 aliphatic rings. The summed E-state index contributed by atoms with van der Waals surface area (Å²) in [5.74, 6) is -0.370. The molecule has 2 rings (SSSR count). The van der Waals surface area contributed by atoms with E-state index >= 15 is 0 Å². The zero-order valence-electron chi connectivity index (χ0n) is 8.43. The van der Waals surface area contributed by atoms with Crippen molar-refractivity contribution in [1.29, 1.82) is 5.26 Å². The van der Waals surface area contributed by atoms with Crippen molar-refractivity contribution >= 4 is 12.0 Å². The number of nitriles is 1. The molecular formula is C12H9NO3. The van der Waals surface area contributed by atoms with Gasteiger partial charge in [-0.15, -0.1) is 0 Å². The Labute approximate surface area is 92.4 Å². The Morgan fingerprint density at radius 3 is 3.06 bits per heavy atom. The zero-order chi connectivity index (χ0) is 11.5. The van der Waals surface area contributed by atoms with Crippen LogP contribution in [0.4, 0.5) is 0 Å². The van der Waals surface area contributed by atoms with Crippen molar-refractivity contribution in [3.8, 4) is 11.8 Å². The van der Waals surface area contributed by atoms with E-state index in [1.807, 2.05) is 6.07 Å². The third-order valence-electron chi connectivity index (χ3n) is 2.38. The van der Waals surface area contributed by atoms with Gasteiger partial charge >= 0.3 is 5.97 Å². The quantitative estimate of drug-likeness (QED) is 0.601. The highest BCUT2D eigenvalue weighted by atomic mass is 16.5. The normalized spacial score (nSPS) is 13.8. The van der Waals surface area contributed by atoms with E-state index in [9.17, 15) is 4.79 Å². The first-order valence-electron chi connectivity index (χ1n) is 4.81. The molecule has 0 amide bonds. The van der Waals surface area contributed by atoms with Gasteiger partial charge in [-0.05, 0) is 29.3 Å². The van der Waals surface area contributed by atoms with Gasteiger partial charge in [-0.25, -0.2) is 4.79 Å². The van der Waals surface area contributed by atoms with Crippen LogP contribution in [0.3, 0.4) is 0 Å². The van der Waals surface area contributed by atoms with Crippen molar-refractivity contribution in [2.24, 2.45) is 0 Å². The number of hydrogen-bond acceptors (Lipinski definition) is 3. The fourth-order valence-corrected chi connectivity index (χ4v) is 1.60. The number of aliphatic carboxylic acids is 1. The highest BCUT2D eigenvalue weighted by Gasteiger charge is 2.12. The Balaban J connectivity index is 2.36. The summed E-state index contributed by atoms with van der Waals surface area (Å²) in [6.07, 6.45) is 2.19. The molecule has 0 fully saturated rings. The first-order valence-corrected chi connectivity index (χ1v) is 4.81. The lowest BCUT2D eigenvalue weighted by molar-refractivity contribution is -0.132. The van der Waals surface area contributed by atoms with Crippen molar-refractivity contribution in [3.05, 3.63) is 34.9 Å². The molecule has 4 heteroatoms. The molecule has 0 aliphatic carbocycles. The van der Waals surface area contributed by atoms with Crippen molar-refractivity contribution in [2.45, 2.75) is 6.42 Å². The Morgan fingerprint density at radius 2 is 2.38 bits per heavy atom. The van der Waals surface area contributed by atoms with Gasteiger partial charge in [-0.2, -0.15) is 5.26 Å². The molecule has 0 atom stereocenters. The molecule has 0 bridgehead atoms. The maximum absolute atomic E-state index is 10.7. The SMILES string of the molecule is N#CC(=Cc1ccc2c(c1)CCO2)C(=O)O. The molecule has 1 N–H and O–H groups in total. The topological polar surface area (TPSA) is 70.3 Å². The average molecular weight is 215 g/mol. The molecule has 4 nitrogen and oxygen atoms in total. The summed E-state index contributed by atoms with van der Waals surface area (Å²) in [7, 11) is 0. The maximum Gasteiger partial charge on any atom is 0.346 e. The largest absolute Gasteiger partial charge is 0.493 e. The molecule has 0 saturated carbocycles. The van der Waals surface area contributed by atoms with E-state index in [4.69, 9.17) is 15.1 Å². The van der Waals surface area contributed by atoms with E-state index in [-0.39, 0.29) is 5.57 Å². The predicted molar refractivity (Wildman–Crippen MR) is 56.9 cm³/mol. The Hall–Kier alpha value is -2.28. The number of carboxylic acid groups (broad SMARTS) is 1. The molecule has 1 aromatic rings. The van der Waals surface area contributed by atoms with Gasteiger partial charge in [0.2, 0.25) is 0 Å². The monoisotopic (exact) mass is 215 g/mol. The number of fused-ring (bicyclic) bond motifs is 1. The van der Waals surface area contributed by atoms with Gasteiger partial charge in [0.1, 0.15) is 17.4 Å². The highest BCUT2D eigenvalue weighted by Crippen LogP contribution is 2.26. The zero-order valence-corrected chi connectivity index (χ0v) is 8.43. The number of hydrogen-bond donors (Lipinski definition) is 1. The van der Waals surface area contributed by atoms with Crippen LogP contribution >= 0.6 is 0 Å². The minimum atomic E-state index is -1.21. The van der Waals surface area contributed by atoms with Gasteiger partial charge in [-0.1, -0.05) is 6.07 Å². The smallest absolute Gasteiger partial charge is 0.346 e. The van der Waals surface area contributed by atoms with Gasteiger partial charge in [0.15, 0.2) is 0 Å². The van der Waals surface area contributed by atoms with E-state index in [0.717, 1.165) is 17.7 Å². The van der Waals surface area contributed by atoms with E-state index in [1.165, 1.54) is 6.08 Å². The van der Waals surface area contributed by atoms with Gasteiger partial charge < -0.3 is 9.84 Å². The first kappa shape index (κ1) is 10.2. The van der Waals surface area contributed by atoms with Gasteiger partial charge in [0.05, 0.1) is 6.61 Å². The Morgan fingerprint density at radius 1 is 1.56 bits per heavy atom. The summed E-state index contributed by atoms with van der Waals surface area (Å²) in [5, 5.41) is 17.3. The number of benzene rings is 1. The van der Waals surface area contributed by atoms with Crippen LogP contribution in [0.1, 0.15) is 11.1 Å². The average Bonchev–Trinajstić information content (AvgIpc) is 2.72. The molecule has 0 aromatic heterocycles. The Bertz CT molecular complexity index is 511. The second kappa shape index (κ2) is 4.07. The van der Waals surface area contributed by atoms with Crippen molar-refractivity contribution in [1.82, 2.24) is 0 Å². The van der Waals surface area contributed by atoms with Crippen LogP contribution in [0, 0.1) is 11.3 Å². The molecule has 1 aliphatic heterocycles. The van der Waals surface area contributed by atoms with Gasteiger partial charge in [0.25, 0.3) is 0 Å². The molecule has 80 valence electrons. The molecule has 1 heterocycles. The third-order valence-corrected chi connectivity index (χ3v) is 2.38. The number of ether oxygens (including phenoxy) is 1. The lowest BCUT2D eigenvalue weighted by atomic mass is 10.1. The van der Waals surface area contributed by atoms with Crippen molar-refractivity contribution in [2.75, 3.05) is 6.61 Å². The molecule has 0 unspecified atom stereocenters. The molecule has 1 aromatic carbocycles. The summed E-state index contributed by atoms with van der Waals surface area (Å²) in [6.45, 7) is 0.659. The minimum Gasteiger partial charge on any atom is -0.493 e. The predicted octanol–water partition coefficient (Wildman–Crippen LogP) is 1.61. The van der Waals surface area contributed by atoms with Gasteiger partial charge in [0, 0.05) is 6.42 Å². The van der Waals surface area contributed by atoms with Crippen LogP contribution < -0.4 is 4.74 Å². The van der Waals surface area contributed by atoms with Crippen LogP contribution in [-0.2, 0) is 11.2 Å². The van der Waals surface area contributed by atoms with E-state index in [0.29, 0.717) is 12.2 Å². The first-order chi connectivity index (χ1) is 7.70. The van der Waals surface area contributed by atoms with Crippen LogP contribution in [0.2, 0.25) is 0 Å². The molecule has 0 saturated heterocycles. The fourth-order valence-electron chi connectivity index (χ4n) is 1.60. The second-order valence-corrected chi connectivity index (χ2v) is 3.44. The third kappa shape index (κ3) is 1.89. The molecule has 0 spiro atoms. The fraction of sp³-hybridized carbons (Fsp3) is 0.167.